The Morgan fingerprint density at radius 3 is 2.50 bits per heavy atom. The first-order valence-electron chi connectivity index (χ1n) is 5.20. The van der Waals surface area contributed by atoms with Crippen LogP contribution >= 0.6 is 11.8 Å². The fourth-order valence-corrected chi connectivity index (χ4v) is 2.11. The van der Waals surface area contributed by atoms with Gasteiger partial charge in [0.15, 0.2) is 0 Å². The Kier molecular flexibility index (Phi) is 4.83. The lowest BCUT2D eigenvalue weighted by Gasteiger charge is -2.25. The molecule has 0 aliphatic carbocycles. The molecule has 0 bridgehead atoms. The van der Waals surface area contributed by atoms with Crippen molar-refractivity contribution >= 4 is 17.7 Å². The molecule has 3 nitrogen and oxygen atoms in total. The Morgan fingerprint density at radius 1 is 1.38 bits per heavy atom. The summed E-state index contributed by atoms with van der Waals surface area (Å²) in [4.78, 5) is 11.4. The van der Waals surface area contributed by atoms with Crippen LogP contribution in [0, 0.1) is 0 Å². The van der Waals surface area contributed by atoms with Gasteiger partial charge in [0.05, 0.1) is 5.54 Å². The zero-order valence-electron chi connectivity index (χ0n) is 9.48. The molecule has 1 aromatic rings. The Morgan fingerprint density at radius 2 is 2.00 bits per heavy atom. The maximum absolute atomic E-state index is 11.4. The molecule has 0 aromatic heterocycles. The molecule has 1 amide bonds. The van der Waals surface area contributed by atoms with E-state index >= 15 is 0 Å². The third-order valence-electron chi connectivity index (χ3n) is 2.61. The lowest BCUT2D eigenvalue weighted by atomic mass is 9.88. The molecule has 0 heterocycles. The monoisotopic (exact) mass is 238 g/mol. The summed E-state index contributed by atoms with van der Waals surface area (Å²) >= 11 is 1.67. The minimum atomic E-state index is -0.926. The third-order valence-corrected chi connectivity index (χ3v) is 3.22. The summed E-state index contributed by atoms with van der Waals surface area (Å²) in [6, 6.07) is 9.73. The second-order valence-electron chi connectivity index (χ2n) is 3.93. The molecule has 88 valence electrons. The van der Waals surface area contributed by atoms with Crippen LogP contribution in [0.1, 0.15) is 12.0 Å². The second-order valence-corrected chi connectivity index (χ2v) is 4.91. The number of thioether (sulfide) groups is 1. The van der Waals surface area contributed by atoms with Crippen molar-refractivity contribution in [1.82, 2.24) is 0 Å². The fraction of sp³-hybridized carbons (Fsp3) is 0.417. The van der Waals surface area contributed by atoms with E-state index in [0.717, 1.165) is 11.3 Å². The molecule has 0 aliphatic rings. The van der Waals surface area contributed by atoms with E-state index in [-0.39, 0.29) is 0 Å². The maximum atomic E-state index is 11.4. The number of nitrogens with two attached hydrogens (primary N) is 2. The summed E-state index contributed by atoms with van der Waals surface area (Å²) in [6.45, 7) is 0. The van der Waals surface area contributed by atoms with Gasteiger partial charge in [0.1, 0.15) is 0 Å². The van der Waals surface area contributed by atoms with Gasteiger partial charge >= 0.3 is 0 Å². The number of carbonyl (C=O) groups is 1. The number of rotatable bonds is 6. The average Bonchev–Trinajstić information content (AvgIpc) is 2.27. The second kappa shape index (κ2) is 5.92. The molecule has 1 aromatic carbocycles. The van der Waals surface area contributed by atoms with E-state index in [4.69, 9.17) is 11.5 Å². The van der Waals surface area contributed by atoms with Gasteiger partial charge in [-0.25, -0.2) is 0 Å². The van der Waals surface area contributed by atoms with Crippen molar-refractivity contribution in [3.05, 3.63) is 35.9 Å². The first-order valence-corrected chi connectivity index (χ1v) is 6.59. The number of carbonyl (C=O) groups excluding carboxylic acids is 1. The highest BCUT2D eigenvalue weighted by Gasteiger charge is 2.31. The van der Waals surface area contributed by atoms with Crippen molar-refractivity contribution in [2.24, 2.45) is 11.5 Å². The average molecular weight is 238 g/mol. The Bertz CT molecular complexity index is 342. The molecule has 1 rings (SSSR count). The quantitative estimate of drug-likeness (QED) is 0.781. The molecular formula is C12H18N2OS. The predicted octanol–water partition coefficient (Wildman–Crippen LogP) is 1.17. The van der Waals surface area contributed by atoms with Crippen LogP contribution in [-0.2, 0) is 11.2 Å². The van der Waals surface area contributed by atoms with Crippen molar-refractivity contribution in [1.29, 1.82) is 0 Å². The molecule has 0 aliphatic heterocycles. The van der Waals surface area contributed by atoms with Crippen LogP contribution in [0.3, 0.4) is 0 Å². The van der Waals surface area contributed by atoms with Crippen molar-refractivity contribution in [3.8, 4) is 0 Å². The van der Waals surface area contributed by atoms with Crippen molar-refractivity contribution in [2.45, 2.75) is 18.4 Å². The van der Waals surface area contributed by atoms with Crippen LogP contribution in [0.4, 0.5) is 0 Å². The van der Waals surface area contributed by atoms with Gasteiger partial charge < -0.3 is 11.5 Å². The van der Waals surface area contributed by atoms with Crippen LogP contribution in [-0.4, -0.2) is 23.5 Å². The topological polar surface area (TPSA) is 69.1 Å². The summed E-state index contributed by atoms with van der Waals surface area (Å²) in [5.74, 6) is 0.414. The third kappa shape index (κ3) is 3.54. The molecular weight excluding hydrogens is 220 g/mol. The number of amides is 1. The Hall–Kier alpha value is -1.00. The highest BCUT2D eigenvalue weighted by atomic mass is 32.2. The molecule has 0 saturated heterocycles. The largest absolute Gasteiger partial charge is 0.368 e. The molecule has 0 saturated carbocycles. The number of benzene rings is 1. The van der Waals surface area contributed by atoms with Crippen molar-refractivity contribution in [3.63, 3.8) is 0 Å². The minimum Gasteiger partial charge on any atom is -0.368 e. The summed E-state index contributed by atoms with van der Waals surface area (Å²) in [5, 5.41) is 0. The Balaban J connectivity index is 2.75. The van der Waals surface area contributed by atoms with E-state index in [9.17, 15) is 4.79 Å². The first kappa shape index (κ1) is 13.1. The number of primary amides is 1. The zero-order valence-corrected chi connectivity index (χ0v) is 10.3. The molecule has 4 heteroatoms. The van der Waals surface area contributed by atoms with Gasteiger partial charge in [-0.3, -0.25) is 4.79 Å². The van der Waals surface area contributed by atoms with E-state index < -0.39 is 11.4 Å². The Labute approximate surface area is 101 Å². The number of hydrogen-bond acceptors (Lipinski definition) is 3. The molecule has 0 unspecified atom stereocenters. The van der Waals surface area contributed by atoms with Crippen LogP contribution in [0.15, 0.2) is 30.3 Å². The fourth-order valence-electron chi connectivity index (χ4n) is 1.54. The van der Waals surface area contributed by atoms with Crippen LogP contribution in [0.5, 0.6) is 0 Å². The highest BCUT2D eigenvalue weighted by molar-refractivity contribution is 7.98. The first-order chi connectivity index (χ1) is 7.58. The SMILES string of the molecule is CSCC[C@@](N)(Cc1ccccc1)C(N)=O. The normalized spacial score (nSPS) is 14.4. The van der Waals surface area contributed by atoms with E-state index in [2.05, 4.69) is 0 Å². The van der Waals surface area contributed by atoms with Gasteiger partial charge in [-0.2, -0.15) is 11.8 Å². The summed E-state index contributed by atoms with van der Waals surface area (Å²) in [5.41, 5.74) is 11.6. The van der Waals surface area contributed by atoms with Gasteiger partial charge in [-0.05, 0) is 30.4 Å². The standard InChI is InChI=1S/C12H18N2OS/c1-16-8-7-12(14,11(13)15)9-10-5-3-2-4-6-10/h2-6H,7-9,14H2,1H3,(H2,13,15)/t12-/m1/s1. The highest BCUT2D eigenvalue weighted by Crippen LogP contribution is 2.16. The van der Waals surface area contributed by atoms with Crippen LogP contribution < -0.4 is 11.5 Å². The molecule has 16 heavy (non-hydrogen) atoms. The summed E-state index contributed by atoms with van der Waals surface area (Å²) in [6.07, 6.45) is 3.10. The summed E-state index contributed by atoms with van der Waals surface area (Å²) < 4.78 is 0. The molecule has 1 atom stereocenters. The number of hydrogen-bond donors (Lipinski definition) is 2. The van der Waals surface area contributed by atoms with Gasteiger partial charge in [-0.1, -0.05) is 30.3 Å². The smallest absolute Gasteiger partial charge is 0.237 e. The van der Waals surface area contributed by atoms with Crippen molar-refractivity contribution in [2.75, 3.05) is 12.0 Å². The van der Waals surface area contributed by atoms with Gasteiger partial charge in [0, 0.05) is 0 Å². The van der Waals surface area contributed by atoms with E-state index in [1.807, 2.05) is 36.6 Å². The lowest BCUT2D eigenvalue weighted by molar-refractivity contribution is -0.123. The van der Waals surface area contributed by atoms with Crippen LogP contribution in [0.25, 0.3) is 0 Å². The van der Waals surface area contributed by atoms with Crippen LogP contribution in [0.2, 0.25) is 0 Å². The predicted molar refractivity (Wildman–Crippen MR) is 69.3 cm³/mol. The van der Waals surface area contributed by atoms with Gasteiger partial charge in [0.25, 0.3) is 0 Å². The van der Waals surface area contributed by atoms with Gasteiger partial charge in [0.2, 0.25) is 5.91 Å². The van der Waals surface area contributed by atoms with Gasteiger partial charge in [-0.15, -0.1) is 0 Å². The van der Waals surface area contributed by atoms with E-state index in [0.29, 0.717) is 12.8 Å². The lowest BCUT2D eigenvalue weighted by Crippen LogP contribution is -2.54. The van der Waals surface area contributed by atoms with E-state index in [1.165, 1.54) is 0 Å². The molecule has 0 spiro atoms. The summed E-state index contributed by atoms with van der Waals surface area (Å²) in [7, 11) is 0. The molecule has 4 N–H and O–H groups in total. The van der Waals surface area contributed by atoms with E-state index in [1.54, 1.807) is 11.8 Å². The molecule has 0 radical (unpaired) electrons. The molecule has 0 fully saturated rings. The van der Waals surface area contributed by atoms with Crippen molar-refractivity contribution < 1.29 is 4.79 Å². The zero-order chi connectivity index (χ0) is 12.0. The maximum Gasteiger partial charge on any atom is 0.237 e. The minimum absolute atomic E-state index is 0.426.